The van der Waals surface area contributed by atoms with E-state index in [2.05, 4.69) is 25.2 Å². The van der Waals surface area contributed by atoms with Crippen molar-refractivity contribution >= 4 is 0 Å². The summed E-state index contributed by atoms with van der Waals surface area (Å²) in [7, 11) is 5.01. The lowest BCUT2D eigenvalue weighted by Gasteiger charge is -2.14. The highest BCUT2D eigenvalue weighted by molar-refractivity contribution is 5.53. The lowest BCUT2D eigenvalue weighted by Crippen LogP contribution is -2.25. The molecule has 112 valence electrons. The zero-order chi connectivity index (χ0) is 14.7. The molecule has 4 heteroatoms. The molecule has 1 saturated carbocycles. The molecule has 0 bridgehead atoms. The van der Waals surface area contributed by atoms with E-state index < -0.39 is 0 Å². The number of hydrogen-bond donors (Lipinski definition) is 1. The van der Waals surface area contributed by atoms with Gasteiger partial charge in [0.05, 0.1) is 21.3 Å². The minimum absolute atomic E-state index is 0.531. The van der Waals surface area contributed by atoms with E-state index in [0.717, 1.165) is 18.0 Å². The summed E-state index contributed by atoms with van der Waals surface area (Å²) >= 11 is 0. The van der Waals surface area contributed by atoms with Gasteiger partial charge in [-0.1, -0.05) is 13.8 Å². The Bertz CT molecular complexity index is 459. The number of methoxy groups -OCH3 is 3. The molecule has 0 amide bonds. The summed E-state index contributed by atoms with van der Waals surface area (Å²) in [6.07, 6.45) is 1.20. The predicted octanol–water partition coefficient (Wildman–Crippen LogP) is 2.81. The third-order valence-corrected chi connectivity index (χ3v) is 3.85. The first-order chi connectivity index (χ1) is 9.60. The van der Waals surface area contributed by atoms with Crippen LogP contribution < -0.4 is 19.5 Å². The van der Waals surface area contributed by atoms with Crippen molar-refractivity contribution in [3.8, 4) is 17.2 Å². The molecule has 0 heterocycles. The van der Waals surface area contributed by atoms with Crippen LogP contribution in [0.2, 0.25) is 0 Å². The van der Waals surface area contributed by atoms with E-state index in [4.69, 9.17) is 14.2 Å². The van der Waals surface area contributed by atoms with Gasteiger partial charge in [0.2, 0.25) is 0 Å². The van der Waals surface area contributed by atoms with Gasteiger partial charge in [0.15, 0.2) is 11.5 Å². The van der Waals surface area contributed by atoms with Gasteiger partial charge in [0, 0.05) is 17.7 Å². The molecule has 0 spiro atoms. The van der Waals surface area contributed by atoms with Crippen LogP contribution in [-0.4, -0.2) is 33.9 Å². The topological polar surface area (TPSA) is 39.7 Å². The third kappa shape index (κ3) is 3.18. The Balaban J connectivity index is 2.15. The molecule has 0 radical (unpaired) electrons. The van der Waals surface area contributed by atoms with Gasteiger partial charge in [-0.15, -0.1) is 0 Å². The van der Waals surface area contributed by atoms with E-state index in [1.165, 1.54) is 12.0 Å². The number of hydrogen-bond acceptors (Lipinski definition) is 4. The summed E-state index contributed by atoms with van der Waals surface area (Å²) in [6.45, 7) is 5.41. The molecular weight excluding hydrogens is 254 g/mol. The SMILES string of the molecule is COc1cc(OC)c(C2CC2CNC(C)C)cc1OC. The summed E-state index contributed by atoms with van der Waals surface area (Å²) in [5.41, 5.74) is 1.22. The van der Waals surface area contributed by atoms with Gasteiger partial charge in [-0.2, -0.15) is 0 Å². The fraction of sp³-hybridized carbons (Fsp3) is 0.625. The summed E-state index contributed by atoms with van der Waals surface area (Å²) in [6, 6.07) is 4.50. The van der Waals surface area contributed by atoms with Crippen LogP contribution in [0.3, 0.4) is 0 Å². The zero-order valence-corrected chi connectivity index (χ0v) is 13.0. The fourth-order valence-corrected chi connectivity index (χ4v) is 2.58. The number of ether oxygens (including phenoxy) is 3. The molecule has 4 nitrogen and oxygen atoms in total. The van der Waals surface area contributed by atoms with Gasteiger partial charge in [0.1, 0.15) is 5.75 Å². The molecule has 20 heavy (non-hydrogen) atoms. The second-order valence-corrected chi connectivity index (χ2v) is 5.61. The van der Waals surface area contributed by atoms with Crippen LogP contribution >= 0.6 is 0 Å². The molecule has 2 unspecified atom stereocenters. The first-order valence-corrected chi connectivity index (χ1v) is 7.14. The lowest BCUT2D eigenvalue weighted by atomic mass is 10.1. The van der Waals surface area contributed by atoms with Gasteiger partial charge >= 0.3 is 0 Å². The molecule has 1 fully saturated rings. The molecular formula is C16H25NO3. The van der Waals surface area contributed by atoms with Crippen LogP contribution in [0.5, 0.6) is 17.2 Å². The quantitative estimate of drug-likeness (QED) is 0.833. The van der Waals surface area contributed by atoms with E-state index in [9.17, 15) is 0 Å². The average Bonchev–Trinajstić information content (AvgIpc) is 3.22. The Hall–Kier alpha value is -1.42. The van der Waals surface area contributed by atoms with Gasteiger partial charge in [-0.05, 0) is 30.9 Å². The summed E-state index contributed by atoms with van der Waals surface area (Å²) < 4.78 is 16.2. The van der Waals surface area contributed by atoms with Crippen LogP contribution in [-0.2, 0) is 0 Å². The maximum Gasteiger partial charge on any atom is 0.164 e. The second kappa shape index (κ2) is 6.35. The van der Waals surface area contributed by atoms with Crippen molar-refractivity contribution in [3.05, 3.63) is 17.7 Å². The molecule has 2 rings (SSSR count). The number of rotatable bonds is 7. The molecule has 2 atom stereocenters. The molecule has 1 aliphatic carbocycles. The fourth-order valence-electron chi connectivity index (χ4n) is 2.58. The maximum atomic E-state index is 5.51. The highest BCUT2D eigenvalue weighted by atomic mass is 16.5. The minimum atomic E-state index is 0.531. The second-order valence-electron chi connectivity index (χ2n) is 5.61. The van der Waals surface area contributed by atoms with E-state index in [1.54, 1.807) is 21.3 Å². The molecule has 1 aliphatic rings. The minimum Gasteiger partial charge on any atom is -0.496 e. The molecule has 1 aromatic carbocycles. The normalized spacial score (nSPS) is 20.9. The first kappa shape index (κ1) is 15.0. The molecule has 1 N–H and O–H groups in total. The Labute approximate surface area is 121 Å². The van der Waals surface area contributed by atoms with E-state index in [0.29, 0.717) is 23.6 Å². The standard InChI is InChI=1S/C16H25NO3/c1-10(2)17-9-11-6-12(11)13-7-15(19-4)16(20-5)8-14(13)18-3/h7-8,10-12,17H,6,9H2,1-5H3. The van der Waals surface area contributed by atoms with Crippen LogP contribution in [0.4, 0.5) is 0 Å². The first-order valence-electron chi connectivity index (χ1n) is 7.14. The Morgan fingerprint density at radius 3 is 2.20 bits per heavy atom. The van der Waals surface area contributed by atoms with Crippen LogP contribution in [0.15, 0.2) is 12.1 Å². The van der Waals surface area contributed by atoms with E-state index in [1.807, 2.05) is 6.07 Å². The predicted molar refractivity (Wildman–Crippen MR) is 80.1 cm³/mol. The molecule has 0 aromatic heterocycles. The Morgan fingerprint density at radius 2 is 1.65 bits per heavy atom. The van der Waals surface area contributed by atoms with Crippen LogP contribution in [0, 0.1) is 5.92 Å². The van der Waals surface area contributed by atoms with Gasteiger partial charge in [0.25, 0.3) is 0 Å². The highest BCUT2D eigenvalue weighted by Gasteiger charge is 2.40. The molecule has 1 aromatic rings. The van der Waals surface area contributed by atoms with Crippen molar-refractivity contribution in [2.75, 3.05) is 27.9 Å². The van der Waals surface area contributed by atoms with Crippen molar-refractivity contribution in [1.82, 2.24) is 5.32 Å². The smallest absolute Gasteiger partial charge is 0.164 e. The highest BCUT2D eigenvalue weighted by Crippen LogP contribution is 2.52. The monoisotopic (exact) mass is 279 g/mol. The van der Waals surface area contributed by atoms with Crippen molar-refractivity contribution in [1.29, 1.82) is 0 Å². The van der Waals surface area contributed by atoms with Crippen LogP contribution in [0.25, 0.3) is 0 Å². The Morgan fingerprint density at radius 1 is 1.05 bits per heavy atom. The van der Waals surface area contributed by atoms with Crippen molar-refractivity contribution in [3.63, 3.8) is 0 Å². The van der Waals surface area contributed by atoms with Crippen molar-refractivity contribution < 1.29 is 14.2 Å². The van der Waals surface area contributed by atoms with Crippen molar-refractivity contribution in [2.24, 2.45) is 5.92 Å². The van der Waals surface area contributed by atoms with E-state index in [-0.39, 0.29) is 0 Å². The lowest BCUT2D eigenvalue weighted by molar-refractivity contribution is 0.347. The zero-order valence-electron chi connectivity index (χ0n) is 13.0. The summed E-state index contributed by atoms with van der Waals surface area (Å²) in [5.74, 6) is 3.61. The third-order valence-electron chi connectivity index (χ3n) is 3.85. The van der Waals surface area contributed by atoms with Crippen LogP contribution in [0.1, 0.15) is 31.7 Å². The average molecular weight is 279 g/mol. The van der Waals surface area contributed by atoms with Gasteiger partial charge < -0.3 is 19.5 Å². The summed E-state index contributed by atoms with van der Waals surface area (Å²) in [4.78, 5) is 0. The molecule has 0 saturated heterocycles. The number of nitrogens with one attached hydrogen (secondary N) is 1. The Kier molecular flexibility index (Phi) is 4.76. The summed E-state index contributed by atoms with van der Waals surface area (Å²) in [5, 5.41) is 3.50. The maximum absolute atomic E-state index is 5.51. The number of benzene rings is 1. The van der Waals surface area contributed by atoms with Gasteiger partial charge in [-0.3, -0.25) is 0 Å². The van der Waals surface area contributed by atoms with Crippen molar-refractivity contribution in [2.45, 2.75) is 32.2 Å². The molecule has 0 aliphatic heterocycles. The van der Waals surface area contributed by atoms with Gasteiger partial charge in [-0.25, -0.2) is 0 Å². The largest absolute Gasteiger partial charge is 0.496 e. The van der Waals surface area contributed by atoms with E-state index >= 15 is 0 Å².